The van der Waals surface area contributed by atoms with Gasteiger partial charge >= 0.3 is 12.2 Å². The molecule has 0 saturated carbocycles. The van der Waals surface area contributed by atoms with Crippen LogP contribution in [0.2, 0.25) is 0 Å². The highest BCUT2D eigenvalue weighted by molar-refractivity contribution is 5.95. The van der Waals surface area contributed by atoms with Crippen LogP contribution in [0.5, 0.6) is 5.75 Å². The number of para-hydroxylation sites is 2. The molecule has 5 rings (SSSR count). The van der Waals surface area contributed by atoms with Crippen LogP contribution in [0.15, 0.2) is 66.7 Å². The predicted molar refractivity (Wildman–Crippen MR) is 129 cm³/mol. The number of urea groups is 1. The van der Waals surface area contributed by atoms with Crippen LogP contribution in [-0.2, 0) is 19.3 Å². The number of ether oxygens (including phenoxy) is 1. The van der Waals surface area contributed by atoms with Crippen molar-refractivity contribution in [2.24, 2.45) is 0 Å². The summed E-state index contributed by atoms with van der Waals surface area (Å²) in [6, 6.07) is 16.6. The van der Waals surface area contributed by atoms with E-state index in [0.29, 0.717) is 43.2 Å². The molecule has 3 aromatic carbocycles. The first-order chi connectivity index (χ1) is 17.3. The van der Waals surface area contributed by atoms with Crippen LogP contribution >= 0.6 is 0 Å². The third-order valence-electron chi connectivity index (χ3n) is 6.84. The summed E-state index contributed by atoms with van der Waals surface area (Å²) in [5, 5.41) is 0. The number of hydrogen-bond acceptors (Lipinski definition) is 3. The Bertz CT molecular complexity index is 1280. The molecule has 0 unspecified atom stereocenters. The SMILES string of the molecule is COc1cccc(F)c1N1CC[C@@H](N2Cc3ccccc3N(Cc3ccccc3C(F)(F)F)C2=O)C1. The Morgan fingerprint density at radius 3 is 2.53 bits per heavy atom. The van der Waals surface area contributed by atoms with Gasteiger partial charge in [0, 0.05) is 19.6 Å². The summed E-state index contributed by atoms with van der Waals surface area (Å²) in [4.78, 5) is 18.7. The van der Waals surface area contributed by atoms with Crippen LogP contribution in [0.4, 0.5) is 33.7 Å². The van der Waals surface area contributed by atoms with Crippen LogP contribution in [0.1, 0.15) is 23.1 Å². The van der Waals surface area contributed by atoms with Gasteiger partial charge in [-0.3, -0.25) is 4.90 Å². The minimum absolute atomic E-state index is 0.0270. The number of methoxy groups -OCH3 is 1. The molecule has 9 heteroatoms. The Morgan fingerprint density at radius 2 is 1.75 bits per heavy atom. The van der Waals surface area contributed by atoms with Crippen molar-refractivity contribution in [3.8, 4) is 5.75 Å². The number of hydrogen-bond donors (Lipinski definition) is 0. The molecule has 188 valence electrons. The van der Waals surface area contributed by atoms with Crippen LogP contribution < -0.4 is 14.5 Å². The van der Waals surface area contributed by atoms with E-state index in [1.54, 1.807) is 35.2 Å². The minimum Gasteiger partial charge on any atom is -0.494 e. The van der Waals surface area contributed by atoms with E-state index in [0.717, 1.165) is 11.6 Å². The lowest BCUT2D eigenvalue weighted by Gasteiger charge is -2.40. The van der Waals surface area contributed by atoms with Crippen molar-refractivity contribution < 1.29 is 27.1 Å². The minimum atomic E-state index is -4.53. The van der Waals surface area contributed by atoms with E-state index < -0.39 is 17.6 Å². The van der Waals surface area contributed by atoms with Gasteiger partial charge in [0.05, 0.1) is 30.9 Å². The predicted octanol–water partition coefficient (Wildman–Crippen LogP) is 6.07. The summed E-state index contributed by atoms with van der Waals surface area (Å²) < 4.78 is 61.0. The highest BCUT2D eigenvalue weighted by Gasteiger charge is 2.40. The molecule has 3 aromatic rings. The van der Waals surface area contributed by atoms with Gasteiger partial charge in [0.2, 0.25) is 0 Å². The van der Waals surface area contributed by atoms with Crippen LogP contribution in [0, 0.1) is 5.82 Å². The smallest absolute Gasteiger partial charge is 0.416 e. The van der Waals surface area contributed by atoms with Gasteiger partial charge in [-0.15, -0.1) is 0 Å². The molecule has 36 heavy (non-hydrogen) atoms. The summed E-state index contributed by atoms with van der Waals surface area (Å²) in [7, 11) is 1.48. The molecule has 1 fully saturated rings. The van der Waals surface area contributed by atoms with E-state index in [4.69, 9.17) is 4.74 Å². The Labute approximate surface area is 206 Å². The molecule has 0 N–H and O–H groups in total. The molecular weight excluding hydrogens is 474 g/mol. The number of benzene rings is 3. The molecule has 2 heterocycles. The van der Waals surface area contributed by atoms with Gasteiger partial charge in [-0.25, -0.2) is 9.18 Å². The summed E-state index contributed by atoms with van der Waals surface area (Å²) in [5.41, 5.74) is 1.07. The van der Waals surface area contributed by atoms with Gasteiger partial charge < -0.3 is 14.5 Å². The number of nitrogens with zero attached hydrogens (tertiary/aromatic N) is 3. The molecule has 5 nitrogen and oxygen atoms in total. The van der Waals surface area contributed by atoms with Gasteiger partial charge in [0.1, 0.15) is 17.3 Å². The van der Waals surface area contributed by atoms with Crippen molar-refractivity contribution in [2.45, 2.75) is 31.7 Å². The number of rotatable bonds is 5. The zero-order chi connectivity index (χ0) is 25.4. The molecule has 2 aliphatic heterocycles. The fourth-order valence-corrected chi connectivity index (χ4v) is 5.13. The Morgan fingerprint density at radius 1 is 1.00 bits per heavy atom. The first-order valence-electron chi connectivity index (χ1n) is 11.7. The van der Waals surface area contributed by atoms with E-state index in [1.165, 1.54) is 30.2 Å². The van der Waals surface area contributed by atoms with E-state index in [-0.39, 0.29) is 24.2 Å². The zero-order valence-corrected chi connectivity index (χ0v) is 19.6. The van der Waals surface area contributed by atoms with Crippen molar-refractivity contribution in [2.75, 3.05) is 30.0 Å². The quantitative estimate of drug-likeness (QED) is 0.400. The fraction of sp³-hybridized carbons (Fsp3) is 0.296. The highest BCUT2D eigenvalue weighted by atomic mass is 19.4. The van der Waals surface area contributed by atoms with E-state index in [1.807, 2.05) is 17.0 Å². The van der Waals surface area contributed by atoms with Crippen LogP contribution in [-0.4, -0.2) is 37.2 Å². The third-order valence-corrected chi connectivity index (χ3v) is 6.84. The molecule has 1 atom stereocenters. The second kappa shape index (κ2) is 9.37. The van der Waals surface area contributed by atoms with E-state index in [9.17, 15) is 22.4 Å². The molecule has 0 radical (unpaired) electrons. The van der Waals surface area contributed by atoms with Crippen molar-refractivity contribution >= 4 is 17.4 Å². The normalized spacial score (nSPS) is 18.0. The molecule has 0 aliphatic carbocycles. The average Bonchev–Trinajstić information content (AvgIpc) is 3.34. The first-order valence-corrected chi connectivity index (χ1v) is 11.7. The molecule has 2 aliphatic rings. The zero-order valence-electron chi connectivity index (χ0n) is 19.6. The largest absolute Gasteiger partial charge is 0.494 e. The lowest BCUT2D eigenvalue weighted by molar-refractivity contribution is -0.138. The number of halogens is 4. The summed E-state index contributed by atoms with van der Waals surface area (Å²) in [6.07, 6.45) is -3.93. The summed E-state index contributed by atoms with van der Waals surface area (Å²) >= 11 is 0. The van der Waals surface area contributed by atoms with Gasteiger partial charge in [-0.2, -0.15) is 13.2 Å². The maximum absolute atomic E-state index is 14.7. The lowest BCUT2D eigenvalue weighted by Crippen LogP contribution is -2.52. The van der Waals surface area contributed by atoms with Crippen LogP contribution in [0.3, 0.4) is 0 Å². The molecule has 0 aromatic heterocycles. The van der Waals surface area contributed by atoms with Crippen molar-refractivity contribution in [1.82, 2.24) is 4.90 Å². The van der Waals surface area contributed by atoms with E-state index in [2.05, 4.69) is 0 Å². The molecule has 1 saturated heterocycles. The second-order valence-electron chi connectivity index (χ2n) is 8.96. The number of anilines is 2. The van der Waals surface area contributed by atoms with Crippen molar-refractivity contribution in [1.29, 1.82) is 0 Å². The monoisotopic (exact) mass is 499 g/mol. The Hall–Kier alpha value is -3.75. The number of carbonyl (C=O) groups is 1. The van der Waals surface area contributed by atoms with Gasteiger partial charge in [0.15, 0.2) is 0 Å². The molecule has 2 amide bonds. The summed E-state index contributed by atoms with van der Waals surface area (Å²) in [5.74, 6) is 0.00653. The highest BCUT2D eigenvalue weighted by Crippen LogP contribution is 2.38. The molecule has 0 bridgehead atoms. The summed E-state index contributed by atoms with van der Waals surface area (Å²) in [6.45, 7) is 1.03. The second-order valence-corrected chi connectivity index (χ2v) is 8.96. The third kappa shape index (κ3) is 4.34. The maximum atomic E-state index is 14.7. The lowest BCUT2D eigenvalue weighted by atomic mass is 10.0. The van der Waals surface area contributed by atoms with Crippen molar-refractivity contribution in [3.05, 3.63) is 89.2 Å². The maximum Gasteiger partial charge on any atom is 0.416 e. The first kappa shape index (κ1) is 24.0. The number of fused-ring (bicyclic) bond motifs is 1. The van der Waals surface area contributed by atoms with E-state index >= 15 is 0 Å². The molecule has 0 spiro atoms. The van der Waals surface area contributed by atoms with Crippen molar-refractivity contribution in [3.63, 3.8) is 0 Å². The number of carbonyl (C=O) groups excluding carboxylic acids is 1. The average molecular weight is 500 g/mol. The Kier molecular flexibility index (Phi) is 6.24. The van der Waals surface area contributed by atoms with Gasteiger partial charge in [0.25, 0.3) is 0 Å². The number of amides is 2. The fourth-order valence-electron chi connectivity index (χ4n) is 5.13. The standard InChI is InChI=1S/C27H25F4N3O2/c1-36-24-12-6-10-22(28)25(24)32-14-13-20(17-32)33-16-19-8-3-5-11-23(19)34(26(33)35)15-18-7-2-4-9-21(18)27(29,30)31/h2-12,20H,13-17H2,1H3/t20-/m1/s1. The molecular formula is C27H25F4N3O2. The number of alkyl halides is 3. The topological polar surface area (TPSA) is 36.0 Å². The van der Waals surface area contributed by atoms with Gasteiger partial charge in [-0.1, -0.05) is 42.5 Å². The Balaban J connectivity index is 1.45. The van der Waals surface area contributed by atoms with Gasteiger partial charge in [-0.05, 0) is 41.8 Å². The van der Waals surface area contributed by atoms with Crippen LogP contribution in [0.25, 0.3) is 0 Å².